The highest BCUT2D eigenvalue weighted by Gasteiger charge is 2.37. The summed E-state index contributed by atoms with van der Waals surface area (Å²) < 4.78 is 11.0. The van der Waals surface area contributed by atoms with E-state index in [2.05, 4.69) is 0 Å². The number of hydrogen-bond donors (Lipinski definition) is 0. The second-order valence-corrected chi connectivity index (χ2v) is 7.27. The first-order chi connectivity index (χ1) is 12.2. The van der Waals surface area contributed by atoms with Gasteiger partial charge in [0.1, 0.15) is 23.0 Å². The highest BCUT2D eigenvalue weighted by atomic mass is 16.3. The summed E-state index contributed by atoms with van der Waals surface area (Å²) in [5.74, 6) is 2.64. The van der Waals surface area contributed by atoms with E-state index in [-0.39, 0.29) is 23.9 Å². The molecule has 2 aromatic rings. The molecule has 1 saturated heterocycles. The number of hydrogen-bond acceptors (Lipinski definition) is 4. The molecule has 26 heavy (non-hydrogen) atoms. The fourth-order valence-electron chi connectivity index (χ4n) is 3.88. The maximum Gasteiger partial charge on any atom is 0.258 e. The lowest BCUT2D eigenvalue weighted by Gasteiger charge is -2.44. The largest absolute Gasteiger partial charge is 0.466 e. The average molecular weight is 358 g/mol. The first-order valence-corrected chi connectivity index (χ1v) is 8.95. The Hall–Kier alpha value is -2.50. The van der Waals surface area contributed by atoms with E-state index in [9.17, 15) is 9.59 Å². The molecule has 140 valence electrons. The summed E-state index contributed by atoms with van der Waals surface area (Å²) in [6.45, 7) is 12.2. The third kappa shape index (κ3) is 3.16. The van der Waals surface area contributed by atoms with Crippen LogP contribution in [-0.4, -0.2) is 46.8 Å². The third-order valence-corrected chi connectivity index (χ3v) is 4.98. The van der Waals surface area contributed by atoms with E-state index in [4.69, 9.17) is 8.83 Å². The lowest BCUT2D eigenvalue weighted by Crippen LogP contribution is -2.59. The van der Waals surface area contributed by atoms with Crippen molar-refractivity contribution in [2.75, 3.05) is 13.1 Å². The van der Waals surface area contributed by atoms with Crippen LogP contribution in [0.25, 0.3) is 0 Å². The number of furan rings is 2. The molecule has 1 aliphatic heterocycles. The molecule has 2 amide bonds. The maximum absolute atomic E-state index is 13.0. The lowest BCUT2D eigenvalue weighted by molar-refractivity contribution is 0.0252. The number of rotatable bonds is 2. The van der Waals surface area contributed by atoms with Crippen molar-refractivity contribution in [1.82, 2.24) is 9.80 Å². The standard InChI is InChI=1S/C20H26N2O4/c1-11-9-21(19(23)17-7-13(3)25-15(17)5)10-12(2)22(11)20(24)18-8-14(4)26-16(18)6/h7-8,11-12H,9-10H2,1-6H3/t11-,12+. The minimum absolute atomic E-state index is 0.0400. The maximum atomic E-state index is 13.0. The van der Waals surface area contributed by atoms with Gasteiger partial charge in [-0.2, -0.15) is 0 Å². The van der Waals surface area contributed by atoms with Crippen LogP contribution in [0.4, 0.5) is 0 Å². The van der Waals surface area contributed by atoms with Gasteiger partial charge in [-0.1, -0.05) is 0 Å². The van der Waals surface area contributed by atoms with Crippen molar-refractivity contribution in [3.8, 4) is 0 Å². The van der Waals surface area contributed by atoms with Gasteiger partial charge in [-0.3, -0.25) is 9.59 Å². The molecular weight excluding hydrogens is 332 g/mol. The van der Waals surface area contributed by atoms with Crippen molar-refractivity contribution in [2.24, 2.45) is 0 Å². The van der Waals surface area contributed by atoms with E-state index >= 15 is 0 Å². The Morgan fingerprint density at radius 3 is 1.65 bits per heavy atom. The SMILES string of the molecule is Cc1cc(C(=O)N2C[C@@H](C)N(C(=O)c3cc(C)oc3C)[C@@H](C)C2)c(C)o1. The summed E-state index contributed by atoms with van der Waals surface area (Å²) in [5, 5.41) is 0. The van der Waals surface area contributed by atoms with Crippen molar-refractivity contribution < 1.29 is 18.4 Å². The van der Waals surface area contributed by atoms with Crippen LogP contribution in [-0.2, 0) is 0 Å². The molecule has 2 atom stereocenters. The molecule has 6 nitrogen and oxygen atoms in total. The van der Waals surface area contributed by atoms with E-state index in [0.29, 0.717) is 35.7 Å². The van der Waals surface area contributed by atoms with Gasteiger partial charge in [-0.25, -0.2) is 0 Å². The number of carbonyl (C=O) groups excluding carboxylic acids is 2. The van der Waals surface area contributed by atoms with Crippen LogP contribution in [0.15, 0.2) is 21.0 Å². The van der Waals surface area contributed by atoms with Crippen molar-refractivity contribution in [3.05, 3.63) is 46.3 Å². The summed E-state index contributed by atoms with van der Waals surface area (Å²) in [6, 6.07) is 3.39. The predicted octanol–water partition coefficient (Wildman–Crippen LogP) is 3.48. The van der Waals surface area contributed by atoms with E-state index in [1.54, 1.807) is 26.0 Å². The molecule has 0 saturated carbocycles. The molecule has 3 heterocycles. The zero-order valence-electron chi connectivity index (χ0n) is 16.3. The highest BCUT2D eigenvalue weighted by molar-refractivity contribution is 5.97. The van der Waals surface area contributed by atoms with Gasteiger partial charge in [-0.15, -0.1) is 0 Å². The molecule has 0 spiro atoms. The first kappa shape index (κ1) is 18.3. The fourth-order valence-corrected chi connectivity index (χ4v) is 3.88. The fraction of sp³-hybridized carbons (Fsp3) is 0.500. The lowest BCUT2D eigenvalue weighted by atomic mass is 10.0. The average Bonchev–Trinajstić information content (AvgIpc) is 3.06. The Balaban J connectivity index is 1.79. The van der Waals surface area contributed by atoms with Crippen LogP contribution in [0, 0.1) is 27.7 Å². The molecule has 1 fully saturated rings. The predicted molar refractivity (Wildman–Crippen MR) is 97.4 cm³/mol. The van der Waals surface area contributed by atoms with E-state index in [1.165, 1.54) is 0 Å². The van der Waals surface area contributed by atoms with Crippen LogP contribution >= 0.6 is 0 Å². The molecule has 3 rings (SSSR count). The molecule has 2 aromatic heterocycles. The monoisotopic (exact) mass is 358 g/mol. The quantitative estimate of drug-likeness (QED) is 0.824. The van der Waals surface area contributed by atoms with Gasteiger partial charge in [0, 0.05) is 25.2 Å². The third-order valence-electron chi connectivity index (χ3n) is 4.98. The van der Waals surface area contributed by atoms with Crippen molar-refractivity contribution in [3.63, 3.8) is 0 Å². The van der Waals surface area contributed by atoms with E-state index < -0.39 is 0 Å². The minimum Gasteiger partial charge on any atom is -0.466 e. The summed E-state index contributed by atoms with van der Waals surface area (Å²) in [6.07, 6.45) is 0. The Labute approximate surface area is 153 Å². The van der Waals surface area contributed by atoms with Crippen LogP contribution in [0.2, 0.25) is 0 Å². The molecule has 6 heteroatoms. The second-order valence-electron chi connectivity index (χ2n) is 7.27. The highest BCUT2D eigenvalue weighted by Crippen LogP contribution is 2.24. The topological polar surface area (TPSA) is 66.9 Å². The van der Waals surface area contributed by atoms with Gasteiger partial charge in [0.05, 0.1) is 11.1 Å². The molecule has 0 aromatic carbocycles. The van der Waals surface area contributed by atoms with Crippen LogP contribution in [0.5, 0.6) is 0 Å². The zero-order chi connectivity index (χ0) is 19.2. The molecule has 0 unspecified atom stereocenters. The summed E-state index contributed by atoms with van der Waals surface area (Å²) >= 11 is 0. The van der Waals surface area contributed by atoms with Crippen molar-refractivity contribution in [2.45, 2.75) is 53.6 Å². The summed E-state index contributed by atoms with van der Waals surface area (Å²) in [7, 11) is 0. The molecule has 0 aliphatic carbocycles. The van der Waals surface area contributed by atoms with Crippen LogP contribution in [0.3, 0.4) is 0 Å². The Morgan fingerprint density at radius 2 is 1.27 bits per heavy atom. The number of aryl methyl sites for hydroxylation is 4. The molecule has 1 aliphatic rings. The minimum atomic E-state index is -0.0851. The molecular formula is C20H26N2O4. The Morgan fingerprint density at radius 1 is 0.846 bits per heavy atom. The summed E-state index contributed by atoms with van der Waals surface area (Å²) in [4.78, 5) is 29.5. The van der Waals surface area contributed by atoms with Crippen molar-refractivity contribution in [1.29, 1.82) is 0 Å². The Kier molecular flexibility index (Phi) is 4.69. The van der Waals surface area contributed by atoms with Crippen LogP contribution < -0.4 is 0 Å². The first-order valence-electron chi connectivity index (χ1n) is 8.95. The van der Waals surface area contributed by atoms with Gasteiger partial charge in [0.25, 0.3) is 11.8 Å². The van der Waals surface area contributed by atoms with E-state index in [1.807, 2.05) is 37.5 Å². The van der Waals surface area contributed by atoms with Gasteiger partial charge in [-0.05, 0) is 53.7 Å². The summed E-state index contributed by atoms with van der Waals surface area (Å²) in [5.41, 5.74) is 1.20. The number of nitrogens with zero attached hydrogens (tertiary/aromatic N) is 2. The number of carbonyl (C=O) groups is 2. The van der Waals surface area contributed by atoms with Gasteiger partial charge >= 0.3 is 0 Å². The van der Waals surface area contributed by atoms with Crippen LogP contribution in [0.1, 0.15) is 57.6 Å². The van der Waals surface area contributed by atoms with Gasteiger partial charge in [0.2, 0.25) is 0 Å². The van der Waals surface area contributed by atoms with E-state index in [0.717, 1.165) is 11.5 Å². The Bertz CT molecular complexity index is 836. The van der Waals surface area contributed by atoms with Crippen molar-refractivity contribution >= 4 is 11.8 Å². The number of piperazine rings is 1. The smallest absolute Gasteiger partial charge is 0.258 e. The molecule has 0 bridgehead atoms. The van der Waals surface area contributed by atoms with Gasteiger partial charge in [0.15, 0.2) is 0 Å². The zero-order valence-corrected chi connectivity index (χ0v) is 16.3. The second kappa shape index (κ2) is 6.67. The molecule has 0 N–H and O–H groups in total. The normalized spacial score (nSPS) is 20.5. The number of amides is 2. The molecule has 0 radical (unpaired) electrons. The van der Waals surface area contributed by atoms with Gasteiger partial charge < -0.3 is 18.6 Å².